The number of alkyl halides is 1. The number of fused-ring (bicyclic) bond motifs is 2. The monoisotopic (exact) mass is 587 g/mol. The van der Waals surface area contributed by atoms with Crippen LogP contribution in [0, 0.1) is 5.82 Å². The molecule has 222 valence electrons. The highest BCUT2D eigenvalue weighted by molar-refractivity contribution is 6.00. The van der Waals surface area contributed by atoms with E-state index in [2.05, 4.69) is 10.4 Å². The second-order valence-corrected chi connectivity index (χ2v) is 12.0. The number of benzene rings is 2. The van der Waals surface area contributed by atoms with Crippen molar-refractivity contribution in [2.45, 2.75) is 55.7 Å². The Kier molecular flexibility index (Phi) is 6.19. The average Bonchev–Trinajstić information content (AvgIpc) is 3.91. The SMILES string of the molecule is COc1cc(C(=O)NC[C@H](c2cc3c(c(-c4ccc(F)cc4)n2)OC[C@]3(C)C(N)=O)C2(F)CC2)cc2cn(C3CC3)nc12. The number of hydrogen-bond donors (Lipinski definition) is 2. The summed E-state index contributed by atoms with van der Waals surface area (Å²) >= 11 is 0. The van der Waals surface area contributed by atoms with Crippen molar-refractivity contribution < 1.29 is 27.8 Å². The summed E-state index contributed by atoms with van der Waals surface area (Å²) in [6.45, 7) is 1.63. The van der Waals surface area contributed by atoms with Crippen molar-refractivity contribution in [3.8, 4) is 22.8 Å². The Morgan fingerprint density at radius 2 is 1.95 bits per heavy atom. The lowest BCUT2D eigenvalue weighted by molar-refractivity contribution is -0.123. The van der Waals surface area contributed by atoms with Crippen molar-refractivity contribution in [1.82, 2.24) is 20.1 Å². The summed E-state index contributed by atoms with van der Waals surface area (Å²) in [5.74, 6) is -1.38. The number of ether oxygens (including phenoxy) is 2. The van der Waals surface area contributed by atoms with Crippen LogP contribution < -0.4 is 20.5 Å². The van der Waals surface area contributed by atoms with Crippen LogP contribution in [0.3, 0.4) is 0 Å². The molecule has 4 aromatic rings. The smallest absolute Gasteiger partial charge is 0.251 e. The highest BCUT2D eigenvalue weighted by Crippen LogP contribution is 2.52. The lowest BCUT2D eigenvalue weighted by Crippen LogP contribution is -2.40. The van der Waals surface area contributed by atoms with Gasteiger partial charge < -0.3 is 20.5 Å². The molecule has 2 aromatic carbocycles. The lowest BCUT2D eigenvalue weighted by atomic mass is 9.82. The van der Waals surface area contributed by atoms with Gasteiger partial charge in [0.1, 0.15) is 46.2 Å². The minimum Gasteiger partial charge on any atom is -0.494 e. The number of halogens is 2. The molecule has 0 bridgehead atoms. The van der Waals surface area contributed by atoms with Gasteiger partial charge in [0.05, 0.1) is 19.1 Å². The Morgan fingerprint density at radius 1 is 1.21 bits per heavy atom. The Balaban J connectivity index is 1.24. The minimum atomic E-state index is -1.59. The molecule has 2 aliphatic carbocycles. The number of nitrogens with one attached hydrogen (secondary N) is 1. The number of carbonyl (C=O) groups is 2. The number of nitrogens with zero attached hydrogens (tertiary/aromatic N) is 3. The fourth-order valence-corrected chi connectivity index (χ4v) is 5.84. The topological polar surface area (TPSA) is 121 Å². The van der Waals surface area contributed by atoms with Crippen LogP contribution in [0.4, 0.5) is 8.78 Å². The van der Waals surface area contributed by atoms with E-state index in [9.17, 15) is 14.0 Å². The quantitative estimate of drug-likeness (QED) is 0.292. The number of nitrogens with two attached hydrogens (primary N) is 1. The zero-order valence-corrected chi connectivity index (χ0v) is 23.8. The standard InChI is InChI=1S/C32H31F2N5O4/c1-31(30(35)41)16-43-28-22(31)13-24(37-27(28)17-3-5-20(33)6-4-17)23(32(34)9-10-32)14-36-29(40)18-11-19-15-39(21-7-8-21)38-26(19)25(12-18)42-2/h3-6,11-13,15,21,23H,7-10,14,16H2,1-2H3,(H2,35,41)(H,36,40)/t23-,31+/m1/s1. The molecule has 2 atom stereocenters. The van der Waals surface area contributed by atoms with Gasteiger partial charge in [-0.1, -0.05) is 0 Å². The molecule has 0 unspecified atom stereocenters. The maximum Gasteiger partial charge on any atom is 0.251 e. The second-order valence-electron chi connectivity index (χ2n) is 12.0. The third kappa shape index (κ3) is 4.67. The number of primary amides is 1. The van der Waals surface area contributed by atoms with Gasteiger partial charge in [-0.3, -0.25) is 14.3 Å². The van der Waals surface area contributed by atoms with Gasteiger partial charge in [-0.2, -0.15) is 5.10 Å². The molecule has 43 heavy (non-hydrogen) atoms. The van der Waals surface area contributed by atoms with E-state index in [1.54, 1.807) is 37.3 Å². The highest BCUT2D eigenvalue weighted by atomic mass is 19.1. The Hall–Kier alpha value is -4.54. The molecule has 2 amide bonds. The summed E-state index contributed by atoms with van der Waals surface area (Å²) < 4.78 is 43.1. The first kappa shape index (κ1) is 27.3. The van der Waals surface area contributed by atoms with Crippen molar-refractivity contribution in [2.24, 2.45) is 5.73 Å². The summed E-state index contributed by atoms with van der Waals surface area (Å²) in [5.41, 5.74) is 5.84. The van der Waals surface area contributed by atoms with E-state index in [1.165, 1.54) is 19.2 Å². The van der Waals surface area contributed by atoms with Gasteiger partial charge >= 0.3 is 0 Å². The molecule has 11 heteroatoms. The van der Waals surface area contributed by atoms with Crippen molar-refractivity contribution in [2.75, 3.05) is 20.3 Å². The van der Waals surface area contributed by atoms with Crippen LogP contribution in [0.15, 0.2) is 48.7 Å². The molecule has 9 nitrogen and oxygen atoms in total. The molecule has 7 rings (SSSR count). The number of carbonyl (C=O) groups excluding carboxylic acids is 2. The molecule has 0 radical (unpaired) electrons. The lowest BCUT2D eigenvalue weighted by Gasteiger charge is -2.24. The first-order valence-corrected chi connectivity index (χ1v) is 14.4. The van der Waals surface area contributed by atoms with Crippen LogP contribution in [0.5, 0.6) is 11.5 Å². The summed E-state index contributed by atoms with van der Waals surface area (Å²) in [7, 11) is 1.53. The van der Waals surface area contributed by atoms with Crippen LogP contribution in [-0.2, 0) is 10.2 Å². The van der Waals surface area contributed by atoms with Gasteiger partial charge in [0.15, 0.2) is 0 Å². The van der Waals surface area contributed by atoms with Gasteiger partial charge in [0.2, 0.25) is 5.91 Å². The Morgan fingerprint density at radius 3 is 2.60 bits per heavy atom. The molecule has 0 saturated heterocycles. The molecule has 2 aromatic heterocycles. The first-order chi connectivity index (χ1) is 20.6. The maximum atomic E-state index is 16.0. The molecule has 3 aliphatic rings. The van der Waals surface area contributed by atoms with Crippen molar-refractivity contribution in [3.05, 3.63) is 71.3 Å². The third-order valence-electron chi connectivity index (χ3n) is 8.92. The molecular formula is C32H31F2N5O4. The van der Waals surface area contributed by atoms with E-state index < -0.39 is 28.7 Å². The van der Waals surface area contributed by atoms with Gasteiger partial charge in [-0.15, -0.1) is 0 Å². The number of amides is 2. The molecule has 2 saturated carbocycles. The molecule has 1 aliphatic heterocycles. The van der Waals surface area contributed by atoms with Crippen LogP contribution in [0.1, 0.15) is 66.2 Å². The molecule has 3 N–H and O–H groups in total. The Bertz CT molecular complexity index is 1780. The third-order valence-corrected chi connectivity index (χ3v) is 8.92. The van der Waals surface area contributed by atoms with Crippen LogP contribution in [0.2, 0.25) is 0 Å². The number of hydrogen-bond acceptors (Lipinski definition) is 6. The van der Waals surface area contributed by atoms with Crippen LogP contribution in [0.25, 0.3) is 22.2 Å². The second kappa shape index (κ2) is 9.75. The number of aromatic nitrogens is 3. The van der Waals surface area contributed by atoms with Crippen LogP contribution in [-0.4, -0.2) is 52.5 Å². The summed E-state index contributed by atoms with van der Waals surface area (Å²) in [6, 6.07) is 11.1. The normalized spacial score (nSPS) is 20.7. The number of pyridine rings is 1. The predicted octanol–water partition coefficient (Wildman–Crippen LogP) is 4.73. The summed E-state index contributed by atoms with van der Waals surface area (Å²) in [5, 5.41) is 8.32. The highest BCUT2D eigenvalue weighted by Gasteiger charge is 2.53. The fourth-order valence-electron chi connectivity index (χ4n) is 5.84. The largest absolute Gasteiger partial charge is 0.494 e. The summed E-state index contributed by atoms with van der Waals surface area (Å²) in [4.78, 5) is 30.8. The number of rotatable bonds is 9. The molecule has 0 spiro atoms. The van der Waals surface area contributed by atoms with Gasteiger partial charge in [0, 0.05) is 40.5 Å². The van der Waals surface area contributed by atoms with E-state index in [-0.39, 0.29) is 19.1 Å². The van der Waals surface area contributed by atoms with Crippen molar-refractivity contribution >= 4 is 22.7 Å². The van der Waals surface area contributed by atoms with Crippen molar-refractivity contribution in [1.29, 1.82) is 0 Å². The van der Waals surface area contributed by atoms with E-state index in [0.717, 1.165) is 18.2 Å². The van der Waals surface area contributed by atoms with E-state index in [4.69, 9.17) is 20.2 Å². The van der Waals surface area contributed by atoms with Crippen LogP contribution >= 0.6 is 0 Å². The molecular weight excluding hydrogens is 556 g/mol. The number of methoxy groups -OCH3 is 1. The van der Waals surface area contributed by atoms with Gasteiger partial charge in [0.25, 0.3) is 5.91 Å². The zero-order chi connectivity index (χ0) is 30.1. The maximum absolute atomic E-state index is 16.0. The fraction of sp³-hybridized carbons (Fsp3) is 0.375. The summed E-state index contributed by atoms with van der Waals surface area (Å²) in [6.07, 6.45) is 4.67. The Labute approximate surface area is 246 Å². The van der Waals surface area contributed by atoms with Crippen molar-refractivity contribution in [3.63, 3.8) is 0 Å². The minimum absolute atomic E-state index is 0.000799. The van der Waals surface area contributed by atoms with E-state index in [1.807, 2.05) is 10.9 Å². The zero-order valence-electron chi connectivity index (χ0n) is 23.8. The average molecular weight is 588 g/mol. The van der Waals surface area contributed by atoms with Gasteiger partial charge in [-0.05, 0) is 75.1 Å². The molecule has 3 heterocycles. The first-order valence-electron chi connectivity index (χ1n) is 14.4. The van der Waals surface area contributed by atoms with E-state index in [0.29, 0.717) is 64.0 Å². The van der Waals surface area contributed by atoms with E-state index >= 15 is 4.39 Å². The molecule has 2 fully saturated rings. The predicted molar refractivity (Wildman–Crippen MR) is 154 cm³/mol. The van der Waals surface area contributed by atoms with Gasteiger partial charge in [-0.25, -0.2) is 13.8 Å².